The molecular formula is C20H20N2O2. The largest absolute Gasteiger partial charge is 0.454 e. The lowest BCUT2D eigenvalue weighted by atomic mass is 9.84. The van der Waals surface area contributed by atoms with Gasteiger partial charge in [-0.25, -0.2) is 0 Å². The summed E-state index contributed by atoms with van der Waals surface area (Å²) in [5.74, 6) is 1.53. The van der Waals surface area contributed by atoms with Crippen LogP contribution in [-0.2, 0) is 5.41 Å². The Kier molecular flexibility index (Phi) is 3.34. The fraction of sp³-hybridized carbons (Fsp3) is 0.250. The van der Waals surface area contributed by atoms with E-state index in [9.17, 15) is 0 Å². The van der Waals surface area contributed by atoms with E-state index in [4.69, 9.17) is 9.47 Å². The van der Waals surface area contributed by atoms with E-state index in [1.807, 2.05) is 24.4 Å². The molecule has 0 N–H and O–H groups in total. The van der Waals surface area contributed by atoms with E-state index >= 15 is 0 Å². The highest BCUT2D eigenvalue weighted by molar-refractivity contribution is 5.81. The van der Waals surface area contributed by atoms with Crippen LogP contribution in [0.4, 0.5) is 11.4 Å². The highest BCUT2D eigenvalue weighted by atomic mass is 16.7. The minimum absolute atomic E-state index is 0.0355. The van der Waals surface area contributed by atoms with Crippen molar-refractivity contribution in [3.63, 3.8) is 0 Å². The van der Waals surface area contributed by atoms with Gasteiger partial charge < -0.3 is 14.4 Å². The quantitative estimate of drug-likeness (QED) is 0.768. The third kappa shape index (κ3) is 2.26. The van der Waals surface area contributed by atoms with Gasteiger partial charge in [0.05, 0.1) is 5.69 Å². The molecule has 0 amide bonds. The van der Waals surface area contributed by atoms with Crippen LogP contribution < -0.4 is 14.4 Å². The van der Waals surface area contributed by atoms with E-state index in [1.165, 1.54) is 16.9 Å². The molecule has 122 valence electrons. The standard InChI is InChI=1S/C20H20N2O2/c1-20(2)15-6-4-5-7-16(15)22(3)19(20)10-11-21-14-8-9-17-18(12-14)24-13-23-17/h4-12H,13H2,1-3H3. The molecule has 0 saturated carbocycles. The monoisotopic (exact) mass is 320 g/mol. The molecule has 2 aliphatic heterocycles. The number of likely N-dealkylation sites (N-methyl/N-ethyl adjacent to an activating group) is 1. The number of fused-ring (bicyclic) bond motifs is 2. The highest BCUT2D eigenvalue weighted by Crippen LogP contribution is 2.46. The number of aliphatic imine (C=N–C) groups is 1. The van der Waals surface area contributed by atoms with Crippen molar-refractivity contribution in [2.45, 2.75) is 19.3 Å². The van der Waals surface area contributed by atoms with E-state index in [1.54, 1.807) is 0 Å². The molecule has 0 radical (unpaired) electrons. The summed E-state index contributed by atoms with van der Waals surface area (Å²) in [5, 5.41) is 0. The van der Waals surface area contributed by atoms with Crippen LogP contribution in [0.3, 0.4) is 0 Å². The predicted molar refractivity (Wildman–Crippen MR) is 96.7 cm³/mol. The number of hydrogen-bond donors (Lipinski definition) is 0. The molecular weight excluding hydrogens is 300 g/mol. The molecule has 4 rings (SSSR count). The third-order valence-corrected chi connectivity index (χ3v) is 4.75. The first kappa shape index (κ1) is 14.8. The van der Waals surface area contributed by atoms with Crippen LogP contribution in [-0.4, -0.2) is 20.1 Å². The number of anilines is 1. The van der Waals surface area contributed by atoms with Gasteiger partial charge in [-0.1, -0.05) is 32.0 Å². The number of ether oxygens (including phenoxy) is 2. The Bertz CT molecular complexity index is 852. The minimum atomic E-state index is -0.0355. The first-order valence-corrected chi connectivity index (χ1v) is 8.05. The normalized spacial score (nSPS) is 19.3. The molecule has 0 spiro atoms. The number of benzene rings is 2. The van der Waals surface area contributed by atoms with Gasteiger partial charge in [-0.3, -0.25) is 4.99 Å². The van der Waals surface area contributed by atoms with Gasteiger partial charge in [0.25, 0.3) is 0 Å². The zero-order valence-corrected chi connectivity index (χ0v) is 14.1. The highest BCUT2D eigenvalue weighted by Gasteiger charge is 2.37. The zero-order valence-electron chi connectivity index (χ0n) is 14.1. The summed E-state index contributed by atoms with van der Waals surface area (Å²) < 4.78 is 10.7. The average molecular weight is 320 g/mol. The fourth-order valence-electron chi connectivity index (χ4n) is 3.46. The lowest BCUT2D eigenvalue weighted by Gasteiger charge is -2.23. The van der Waals surface area contributed by atoms with Gasteiger partial charge in [0, 0.05) is 36.1 Å². The topological polar surface area (TPSA) is 34.1 Å². The molecule has 2 aromatic carbocycles. The molecule has 4 nitrogen and oxygen atoms in total. The Morgan fingerprint density at radius 2 is 1.88 bits per heavy atom. The summed E-state index contributed by atoms with van der Waals surface area (Å²) in [7, 11) is 2.10. The van der Waals surface area contributed by atoms with Crippen LogP contribution in [0.2, 0.25) is 0 Å². The lowest BCUT2D eigenvalue weighted by molar-refractivity contribution is 0.174. The molecule has 2 aliphatic rings. The maximum absolute atomic E-state index is 5.39. The smallest absolute Gasteiger partial charge is 0.231 e. The summed E-state index contributed by atoms with van der Waals surface area (Å²) in [4.78, 5) is 6.78. The van der Waals surface area contributed by atoms with E-state index < -0.39 is 0 Å². The van der Waals surface area contributed by atoms with Crippen molar-refractivity contribution < 1.29 is 9.47 Å². The second-order valence-corrected chi connectivity index (χ2v) is 6.57. The van der Waals surface area contributed by atoms with Crippen molar-refractivity contribution in [2.75, 3.05) is 18.7 Å². The van der Waals surface area contributed by atoms with Crippen LogP contribution >= 0.6 is 0 Å². The number of rotatable bonds is 2. The second kappa shape index (κ2) is 5.41. The van der Waals surface area contributed by atoms with Crippen molar-refractivity contribution in [1.29, 1.82) is 0 Å². The first-order valence-electron chi connectivity index (χ1n) is 8.05. The van der Waals surface area contributed by atoms with E-state index in [2.05, 4.69) is 61.1 Å². The molecule has 0 aliphatic carbocycles. The van der Waals surface area contributed by atoms with Crippen LogP contribution in [0.25, 0.3) is 0 Å². The van der Waals surface area contributed by atoms with Crippen LogP contribution in [0.5, 0.6) is 11.5 Å². The van der Waals surface area contributed by atoms with Gasteiger partial charge in [0.1, 0.15) is 0 Å². The maximum Gasteiger partial charge on any atom is 0.231 e. The number of allylic oxidation sites excluding steroid dienone is 2. The van der Waals surface area contributed by atoms with Crippen molar-refractivity contribution in [1.82, 2.24) is 0 Å². The number of nitrogens with zero attached hydrogens (tertiary/aromatic N) is 2. The molecule has 0 saturated heterocycles. The summed E-state index contributed by atoms with van der Waals surface area (Å²) in [6.07, 6.45) is 3.95. The number of para-hydroxylation sites is 1. The van der Waals surface area contributed by atoms with E-state index in [0.717, 1.165) is 17.2 Å². The fourth-order valence-corrected chi connectivity index (χ4v) is 3.46. The number of hydrogen-bond acceptors (Lipinski definition) is 4. The SMILES string of the molecule is CN1C(=CC=Nc2ccc3c(c2)OCO3)C(C)(C)c2ccccc21. The van der Waals surface area contributed by atoms with Gasteiger partial charge in [0.2, 0.25) is 6.79 Å². The third-order valence-electron chi connectivity index (χ3n) is 4.75. The molecule has 24 heavy (non-hydrogen) atoms. The Hall–Kier alpha value is -2.75. The summed E-state index contributed by atoms with van der Waals surface area (Å²) in [5.41, 5.74) is 4.65. The second-order valence-electron chi connectivity index (χ2n) is 6.57. The molecule has 0 bridgehead atoms. The Balaban J connectivity index is 1.62. The van der Waals surface area contributed by atoms with Crippen molar-refractivity contribution in [2.24, 2.45) is 4.99 Å². The van der Waals surface area contributed by atoms with Crippen molar-refractivity contribution in [3.05, 3.63) is 59.8 Å². The van der Waals surface area contributed by atoms with Gasteiger partial charge in [-0.05, 0) is 29.8 Å². The van der Waals surface area contributed by atoms with Crippen LogP contribution in [0.1, 0.15) is 19.4 Å². The minimum Gasteiger partial charge on any atom is -0.454 e. The van der Waals surface area contributed by atoms with Gasteiger partial charge >= 0.3 is 0 Å². The van der Waals surface area contributed by atoms with Crippen molar-refractivity contribution >= 4 is 17.6 Å². The van der Waals surface area contributed by atoms with Crippen LogP contribution in [0.15, 0.2) is 59.2 Å². The molecule has 2 heterocycles. The van der Waals surface area contributed by atoms with Crippen molar-refractivity contribution in [3.8, 4) is 11.5 Å². The molecule has 2 aromatic rings. The van der Waals surface area contributed by atoms with Gasteiger partial charge in [0.15, 0.2) is 11.5 Å². The van der Waals surface area contributed by atoms with E-state index in [-0.39, 0.29) is 12.2 Å². The Morgan fingerprint density at radius 1 is 1.08 bits per heavy atom. The van der Waals surface area contributed by atoms with Crippen LogP contribution in [0, 0.1) is 0 Å². The zero-order chi connectivity index (χ0) is 16.7. The maximum atomic E-state index is 5.39. The predicted octanol–water partition coefficient (Wildman–Crippen LogP) is 4.43. The summed E-state index contributed by atoms with van der Waals surface area (Å²) in [6.45, 7) is 4.77. The molecule has 0 atom stereocenters. The Morgan fingerprint density at radius 3 is 2.71 bits per heavy atom. The van der Waals surface area contributed by atoms with Gasteiger partial charge in [-0.15, -0.1) is 0 Å². The molecule has 0 fully saturated rings. The summed E-state index contributed by atoms with van der Waals surface area (Å²) >= 11 is 0. The average Bonchev–Trinajstić information content (AvgIpc) is 3.12. The summed E-state index contributed by atoms with van der Waals surface area (Å²) in [6, 6.07) is 14.3. The van der Waals surface area contributed by atoms with E-state index in [0.29, 0.717) is 0 Å². The molecule has 4 heteroatoms. The first-order chi connectivity index (χ1) is 11.6. The molecule has 0 unspecified atom stereocenters. The Labute approximate surface area is 142 Å². The lowest BCUT2D eigenvalue weighted by Crippen LogP contribution is -2.22. The van der Waals surface area contributed by atoms with Gasteiger partial charge in [-0.2, -0.15) is 0 Å². The molecule has 0 aromatic heterocycles.